The summed E-state index contributed by atoms with van der Waals surface area (Å²) in [5, 5.41) is 0. The van der Waals surface area contributed by atoms with E-state index in [0.29, 0.717) is 19.7 Å². The van der Waals surface area contributed by atoms with Crippen LogP contribution in [0.1, 0.15) is 31.9 Å². The predicted octanol–water partition coefficient (Wildman–Crippen LogP) is 4.00. The number of hydrogen-bond donors (Lipinski definition) is 0. The van der Waals surface area contributed by atoms with Crippen molar-refractivity contribution in [3.05, 3.63) is 27.7 Å². The maximum Gasteiger partial charge on any atom is 0.410 e. The Morgan fingerprint density at radius 1 is 1.12 bits per heavy atom. The number of aryl methyl sites for hydroxylation is 2. The van der Waals surface area contributed by atoms with Gasteiger partial charge in [-0.15, -0.1) is 0 Å². The fraction of sp³-hybridized carbons (Fsp3) is 0.632. The molecule has 0 radical (unpaired) electrons. The van der Waals surface area contributed by atoms with Crippen LogP contribution in [-0.2, 0) is 4.74 Å². The summed E-state index contributed by atoms with van der Waals surface area (Å²) in [7, 11) is 0. The minimum absolute atomic E-state index is 0.218. The average molecular weight is 413 g/mol. The Balaban J connectivity index is 1.73. The maximum atomic E-state index is 12.1. The minimum Gasteiger partial charge on any atom is -0.492 e. The van der Waals surface area contributed by atoms with Crippen molar-refractivity contribution < 1.29 is 14.3 Å². The van der Waals surface area contributed by atoms with E-state index in [1.807, 2.05) is 20.8 Å². The molecule has 0 aromatic heterocycles. The van der Waals surface area contributed by atoms with Crippen LogP contribution in [0.3, 0.4) is 0 Å². The number of carbonyl (C=O) groups excluding carboxylic acids is 1. The van der Waals surface area contributed by atoms with Crippen molar-refractivity contribution in [3.8, 4) is 5.75 Å². The van der Waals surface area contributed by atoms with Gasteiger partial charge in [0, 0.05) is 37.2 Å². The molecule has 2 rings (SSSR count). The van der Waals surface area contributed by atoms with Crippen molar-refractivity contribution >= 4 is 22.0 Å². The van der Waals surface area contributed by atoms with Gasteiger partial charge in [-0.1, -0.05) is 15.9 Å². The summed E-state index contributed by atoms with van der Waals surface area (Å²) in [6.07, 6.45) is -0.218. The van der Waals surface area contributed by atoms with E-state index in [4.69, 9.17) is 9.47 Å². The summed E-state index contributed by atoms with van der Waals surface area (Å²) >= 11 is 3.57. The molecule has 140 valence electrons. The van der Waals surface area contributed by atoms with Crippen molar-refractivity contribution in [2.45, 2.75) is 40.2 Å². The predicted molar refractivity (Wildman–Crippen MR) is 103 cm³/mol. The molecular weight excluding hydrogens is 384 g/mol. The van der Waals surface area contributed by atoms with Gasteiger partial charge in [0.15, 0.2) is 0 Å². The van der Waals surface area contributed by atoms with E-state index in [1.54, 1.807) is 4.90 Å². The molecule has 1 aromatic carbocycles. The monoisotopic (exact) mass is 412 g/mol. The van der Waals surface area contributed by atoms with Gasteiger partial charge in [-0.3, -0.25) is 4.90 Å². The molecule has 25 heavy (non-hydrogen) atoms. The van der Waals surface area contributed by atoms with Crippen molar-refractivity contribution in [1.29, 1.82) is 0 Å². The van der Waals surface area contributed by atoms with Crippen LogP contribution in [0.2, 0.25) is 0 Å². The molecule has 1 aliphatic rings. The van der Waals surface area contributed by atoms with Gasteiger partial charge < -0.3 is 14.4 Å². The molecule has 0 aliphatic carbocycles. The molecule has 1 saturated heterocycles. The molecule has 0 spiro atoms. The highest BCUT2D eigenvalue weighted by Crippen LogP contribution is 2.26. The highest BCUT2D eigenvalue weighted by atomic mass is 79.9. The SMILES string of the molecule is Cc1cc(OCCN2CCN(C(=O)OC(C)(C)C)CC2)cc(C)c1Br. The quantitative estimate of drug-likeness (QED) is 0.749. The van der Waals surface area contributed by atoms with Crippen LogP contribution in [0.5, 0.6) is 5.75 Å². The molecule has 1 heterocycles. The largest absolute Gasteiger partial charge is 0.492 e. The van der Waals surface area contributed by atoms with Crippen molar-refractivity contribution in [2.75, 3.05) is 39.3 Å². The zero-order chi connectivity index (χ0) is 18.6. The second-order valence-corrected chi connectivity index (χ2v) is 8.32. The molecule has 0 bridgehead atoms. The first-order chi connectivity index (χ1) is 11.7. The van der Waals surface area contributed by atoms with Gasteiger partial charge in [0.1, 0.15) is 18.0 Å². The second-order valence-electron chi connectivity index (χ2n) is 7.53. The number of benzene rings is 1. The molecule has 0 atom stereocenters. The van der Waals surface area contributed by atoms with Crippen LogP contribution in [0.25, 0.3) is 0 Å². The first-order valence-electron chi connectivity index (χ1n) is 8.75. The molecule has 1 aliphatic heterocycles. The van der Waals surface area contributed by atoms with E-state index in [1.165, 1.54) is 11.1 Å². The summed E-state index contributed by atoms with van der Waals surface area (Å²) in [5.74, 6) is 0.908. The number of ether oxygens (including phenoxy) is 2. The summed E-state index contributed by atoms with van der Waals surface area (Å²) in [6, 6.07) is 4.11. The number of carbonyl (C=O) groups is 1. The minimum atomic E-state index is -0.441. The smallest absolute Gasteiger partial charge is 0.410 e. The molecule has 0 unspecified atom stereocenters. The third kappa shape index (κ3) is 6.19. The van der Waals surface area contributed by atoms with Crippen LogP contribution in [0.4, 0.5) is 4.79 Å². The lowest BCUT2D eigenvalue weighted by molar-refractivity contribution is 0.0137. The Hall–Kier alpha value is -1.27. The lowest BCUT2D eigenvalue weighted by atomic mass is 10.1. The topological polar surface area (TPSA) is 42.0 Å². The van der Waals surface area contributed by atoms with E-state index in [2.05, 4.69) is 46.8 Å². The van der Waals surface area contributed by atoms with E-state index in [0.717, 1.165) is 29.9 Å². The Labute approximate surface area is 159 Å². The number of piperazine rings is 1. The maximum absolute atomic E-state index is 12.1. The van der Waals surface area contributed by atoms with Crippen molar-refractivity contribution in [1.82, 2.24) is 9.80 Å². The zero-order valence-electron chi connectivity index (χ0n) is 15.9. The molecule has 5 nitrogen and oxygen atoms in total. The lowest BCUT2D eigenvalue weighted by Crippen LogP contribution is -2.50. The Bertz CT molecular complexity index is 582. The fourth-order valence-electron chi connectivity index (χ4n) is 2.76. The summed E-state index contributed by atoms with van der Waals surface area (Å²) in [5.41, 5.74) is 1.92. The Morgan fingerprint density at radius 3 is 2.20 bits per heavy atom. The number of halogens is 1. The van der Waals surface area contributed by atoms with E-state index in [9.17, 15) is 4.79 Å². The molecule has 1 amide bonds. The Morgan fingerprint density at radius 2 is 1.68 bits per heavy atom. The normalized spacial score (nSPS) is 16.0. The van der Waals surface area contributed by atoms with Gasteiger partial charge in [0.2, 0.25) is 0 Å². The molecule has 1 fully saturated rings. The lowest BCUT2D eigenvalue weighted by Gasteiger charge is -2.35. The highest BCUT2D eigenvalue weighted by molar-refractivity contribution is 9.10. The van der Waals surface area contributed by atoms with Crippen LogP contribution in [-0.4, -0.2) is 60.8 Å². The number of amides is 1. The van der Waals surface area contributed by atoms with Gasteiger partial charge in [-0.2, -0.15) is 0 Å². The van der Waals surface area contributed by atoms with Gasteiger partial charge >= 0.3 is 6.09 Å². The number of rotatable bonds is 4. The number of hydrogen-bond acceptors (Lipinski definition) is 4. The zero-order valence-corrected chi connectivity index (χ0v) is 17.5. The van der Waals surface area contributed by atoms with E-state index < -0.39 is 5.60 Å². The third-order valence-electron chi connectivity index (χ3n) is 4.11. The van der Waals surface area contributed by atoms with Crippen LogP contribution in [0, 0.1) is 13.8 Å². The molecular formula is C19H29BrN2O3. The summed E-state index contributed by atoms with van der Waals surface area (Å²) in [6.45, 7) is 14.4. The van der Waals surface area contributed by atoms with Crippen LogP contribution < -0.4 is 4.74 Å². The third-order valence-corrected chi connectivity index (χ3v) is 5.36. The highest BCUT2D eigenvalue weighted by Gasteiger charge is 2.25. The average Bonchev–Trinajstić information content (AvgIpc) is 2.51. The first-order valence-corrected chi connectivity index (χ1v) is 9.55. The van der Waals surface area contributed by atoms with E-state index in [-0.39, 0.29) is 6.09 Å². The summed E-state index contributed by atoms with van der Waals surface area (Å²) in [4.78, 5) is 16.2. The van der Waals surface area contributed by atoms with Crippen LogP contribution in [0.15, 0.2) is 16.6 Å². The van der Waals surface area contributed by atoms with Gasteiger partial charge in [-0.25, -0.2) is 4.79 Å². The van der Waals surface area contributed by atoms with E-state index >= 15 is 0 Å². The van der Waals surface area contributed by atoms with Gasteiger partial charge in [0.05, 0.1) is 0 Å². The molecule has 0 N–H and O–H groups in total. The Kier molecular flexibility index (Phi) is 6.74. The second kappa shape index (κ2) is 8.41. The van der Waals surface area contributed by atoms with Gasteiger partial charge in [0.25, 0.3) is 0 Å². The number of nitrogens with zero attached hydrogens (tertiary/aromatic N) is 2. The van der Waals surface area contributed by atoms with Crippen LogP contribution >= 0.6 is 15.9 Å². The molecule has 1 aromatic rings. The molecule has 6 heteroatoms. The van der Waals surface area contributed by atoms with Crippen molar-refractivity contribution in [3.63, 3.8) is 0 Å². The van der Waals surface area contributed by atoms with Gasteiger partial charge in [-0.05, 0) is 57.9 Å². The summed E-state index contributed by atoms with van der Waals surface area (Å²) < 4.78 is 12.5. The molecule has 0 saturated carbocycles. The van der Waals surface area contributed by atoms with Crippen molar-refractivity contribution in [2.24, 2.45) is 0 Å². The fourth-order valence-corrected chi connectivity index (χ4v) is 2.99. The first kappa shape index (κ1) is 20.0. The standard InChI is InChI=1S/C19H29BrN2O3/c1-14-12-16(13-15(2)17(14)20)24-11-10-21-6-8-22(9-7-21)18(23)25-19(3,4)5/h12-13H,6-11H2,1-5H3.